The second-order valence-electron chi connectivity index (χ2n) is 4.63. The summed E-state index contributed by atoms with van der Waals surface area (Å²) >= 11 is 0. The summed E-state index contributed by atoms with van der Waals surface area (Å²) in [5.74, 6) is -1.09. The first-order valence-electron chi connectivity index (χ1n) is 6.23. The molecule has 102 valence electrons. The molecule has 0 radical (unpaired) electrons. The van der Waals surface area contributed by atoms with Crippen LogP contribution in [-0.4, -0.2) is 9.78 Å². The van der Waals surface area contributed by atoms with Gasteiger partial charge in [-0.15, -0.1) is 0 Å². The van der Waals surface area contributed by atoms with Crippen molar-refractivity contribution >= 4 is 16.6 Å². The molecule has 3 aromatic rings. The maximum Gasteiger partial charge on any atom is 0.131 e. The zero-order chi connectivity index (χ0) is 14.1. The Balaban J connectivity index is 1.83. The summed E-state index contributed by atoms with van der Waals surface area (Å²) in [6.07, 6.45) is 1.91. The predicted octanol–water partition coefficient (Wildman–Crippen LogP) is 3.46. The number of aryl methyl sites for hydroxylation is 1. The number of benzene rings is 2. The van der Waals surface area contributed by atoms with Crippen molar-refractivity contribution < 1.29 is 8.78 Å². The molecule has 0 bridgehead atoms. The van der Waals surface area contributed by atoms with Crippen molar-refractivity contribution in [1.29, 1.82) is 0 Å². The Morgan fingerprint density at radius 2 is 1.90 bits per heavy atom. The highest BCUT2D eigenvalue weighted by Gasteiger charge is 2.08. The highest BCUT2D eigenvalue weighted by atomic mass is 19.1. The Morgan fingerprint density at radius 1 is 1.15 bits per heavy atom. The van der Waals surface area contributed by atoms with Crippen LogP contribution in [0.3, 0.4) is 0 Å². The van der Waals surface area contributed by atoms with Gasteiger partial charge in [-0.1, -0.05) is 6.07 Å². The number of hydrogen-bond donors (Lipinski definition) is 1. The number of halogens is 2. The summed E-state index contributed by atoms with van der Waals surface area (Å²) in [5, 5.41) is 8.33. The highest BCUT2D eigenvalue weighted by molar-refractivity contribution is 5.81. The summed E-state index contributed by atoms with van der Waals surface area (Å²) < 4.78 is 28.8. The number of rotatable bonds is 3. The summed E-state index contributed by atoms with van der Waals surface area (Å²) in [4.78, 5) is 0. The van der Waals surface area contributed by atoms with Gasteiger partial charge in [0.2, 0.25) is 0 Å². The van der Waals surface area contributed by atoms with Crippen LogP contribution in [0.5, 0.6) is 0 Å². The third-order valence-electron chi connectivity index (χ3n) is 3.15. The maximum absolute atomic E-state index is 13.5. The quantitative estimate of drug-likeness (QED) is 0.792. The molecule has 5 heteroatoms. The van der Waals surface area contributed by atoms with E-state index >= 15 is 0 Å². The Labute approximate surface area is 114 Å². The minimum Gasteiger partial charge on any atom is -0.381 e. The van der Waals surface area contributed by atoms with E-state index < -0.39 is 11.6 Å². The van der Waals surface area contributed by atoms with E-state index in [-0.39, 0.29) is 12.1 Å². The van der Waals surface area contributed by atoms with Crippen molar-refractivity contribution in [3.05, 3.63) is 59.8 Å². The monoisotopic (exact) mass is 273 g/mol. The standard InChI is InChI=1S/C15H13F2N3/c1-20-9-10-5-6-11(7-15(10)19-20)18-8-12-13(16)3-2-4-14(12)17/h2-7,9,18H,8H2,1H3. The molecule has 0 aliphatic carbocycles. The molecule has 0 atom stereocenters. The molecule has 0 aliphatic rings. The van der Waals surface area contributed by atoms with Gasteiger partial charge in [0.1, 0.15) is 11.6 Å². The molecular weight excluding hydrogens is 260 g/mol. The lowest BCUT2D eigenvalue weighted by Gasteiger charge is -2.08. The van der Waals surface area contributed by atoms with Gasteiger partial charge in [-0.05, 0) is 30.3 Å². The molecule has 3 nitrogen and oxygen atoms in total. The maximum atomic E-state index is 13.5. The molecule has 2 aromatic carbocycles. The van der Waals surface area contributed by atoms with Gasteiger partial charge in [-0.25, -0.2) is 8.78 Å². The lowest BCUT2D eigenvalue weighted by molar-refractivity contribution is 0.560. The molecule has 1 aromatic heterocycles. The number of hydrogen-bond acceptors (Lipinski definition) is 2. The van der Waals surface area contributed by atoms with Crippen molar-refractivity contribution in [2.75, 3.05) is 5.32 Å². The molecule has 0 saturated carbocycles. The molecule has 1 N–H and O–H groups in total. The fourth-order valence-corrected chi connectivity index (χ4v) is 2.14. The van der Waals surface area contributed by atoms with E-state index in [9.17, 15) is 8.78 Å². The second kappa shape index (κ2) is 4.92. The number of aromatic nitrogens is 2. The minimum absolute atomic E-state index is 0.0358. The van der Waals surface area contributed by atoms with Crippen LogP contribution in [0.2, 0.25) is 0 Å². The Bertz CT molecular complexity index is 745. The average Bonchev–Trinajstić information content (AvgIpc) is 2.77. The van der Waals surface area contributed by atoms with Crippen LogP contribution in [0.25, 0.3) is 10.9 Å². The molecule has 0 fully saturated rings. The van der Waals surface area contributed by atoms with E-state index in [1.807, 2.05) is 31.4 Å². The first-order chi connectivity index (χ1) is 9.63. The van der Waals surface area contributed by atoms with Crippen molar-refractivity contribution in [2.45, 2.75) is 6.54 Å². The summed E-state index contributed by atoms with van der Waals surface area (Å²) in [7, 11) is 1.85. The van der Waals surface area contributed by atoms with Gasteiger partial charge in [-0.2, -0.15) is 5.10 Å². The van der Waals surface area contributed by atoms with Gasteiger partial charge in [0, 0.05) is 36.4 Å². The van der Waals surface area contributed by atoms with Crippen molar-refractivity contribution in [2.24, 2.45) is 7.05 Å². The third kappa shape index (κ3) is 2.34. The average molecular weight is 273 g/mol. The number of nitrogens with one attached hydrogen (secondary N) is 1. The van der Waals surface area contributed by atoms with E-state index in [0.29, 0.717) is 0 Å². The van der Waals surface area contributed by atoms with E-state index in [2.05, 4.69) is 10.4 Å². The van der Waals surface area contributed by atoms with E-state index in [1.165, 1.54) is 18.2 Å². The van der Waals surface area contributed by atoms with E-state index in [4.69, 9.17) is 0 Å². The Kier molecular flexibility index (Phi) is 3.10. The first kappa shape index (κ1) is 12.6. The molecular formula is C15H13F2N3. The van der Waals surface area contributed by atoms with Gasteiger partial charge in [0.25, 0.3) is 0 Å². The number of anilines is 1. The van der Waals surface area contributed by atoms with Crippen LogP contribution in [0, 0.1) is 11.6 Å². The number of fused-ring (bicyclic) bond motifs is 1. The zero-order valence-electron chi connectivity index (χ0n) is 10.9. The molecule has 1 heterocycles. The summed E-state index contributed by atoms with van der Waals surface area (Å²) in [6.45, 7) is 0.0941. The van der Waals surface area contributed by atoms with Gasteiger partial charge in [0.05, 0.1) is 5.52 Å². The first-order valence-corrected chi connectivity index (χ1v) is 6.23. The van der Waals surface area contributed by atoms with Crippen LogP contribution in [0.1, 0.15) is 5.56 Å². The Hall–Kier alpha value is -2.43. The van der Waals surface area contributed by atoms with Gasteiger partial charge < -0.3 is 5.32 Å². The molecule has 20 heavy (non-hydrogen) atoms. The SMILES string of the molecule is Cn1cc2ccc(NCc3c(F)cccc3F)cc2n1. The summed E-state index contributed by atoms with van der Waals surface area (Å²) in [5.41, 5.74) is 1.65. The lowest BCUT2D eigenvalue weighted by atomic mass is 10.2. The smallest absolute Gasteiger partial charge is 0.131 e. The Morgan fingerprint density at radius 3 is 2.65 bits per heavy atom. The molecule has 0 saturated heterocycles. The van der Waals surface area contributed by atoms with E-state index in [0.717, 1.165) is 16.6 Å². The zero-order valence-corrected chi connectivity index (χ0v) is 10.9. The highest BCUT2D eigenvalue weighted by Crippen LogP contribution is 2.19. The van der Waals surface area contributed by atoms with Crippen LogP contribution >= 0.6 is 0 Å². The molecule has 0 aliphatic heterocycles. The largest absolute Gasteiger partial charge is 0.381 e. The van der Waals surface area contributed by atoms with Crippen molar-refractivity contribution in [3.63, 3.8) is 0 Å². The lowest BCUT2D eigenvalue weighted by Crippen LogP contribution is -2.04. The van der Waals surface area contributed by atoms with E-state index in [1.54, 1.807) is 4.68 Å². The fourth-order valence-electron chi connectivity index (χ4n) is 2.14. The van der Waals surface area contributed by atoms with Crippen LogP contribution < -0.4 is 5.32 Å². The molecule has 0 spiro atoms. The third-order valence-corrected chi connectivity index (χ3v) is 3.15. The number of nitrogens with zero attached hydrogens (tertiary/aromatic N) is 2. The second-order valence-corrected chi connectivity index (χ2v) is 4.63. The molecule has 3 rings (SSSR count). The van der Waals surface area contributed by atoms with Gasteiger partial charge >= 0.3 is 0 Å². The van der Waals surface area contributed by atoms with Gasteiger partial charge in [-0.3, -0.25) is 4.68 Å². The fraction of sp³-hybridized carbons (Fsp3) is 0.133. The summed E-state index contributed by atoms with van der Waals surface area (Å²) in [6, 6.07) is 9.50. The van der Waals surface area contributed by atoms with Gasteiger partial charge in [0.15, 0.2) is 0 Å². The van der Waals surface area contributed by atoms with Crippen LogP contribution in [-0.2, 0) is 13.6 Å². The van der Waals surface area contributed by atoms with Crippen LogP contribution in [0.4, 0.5) is 14.5 Å². The normalized spacial score (nSPS) is 10.9. The van der Waals surface area contributed by atoms with Crippen molar-refractivity contribution in [3.8, 4) is 0 Å². The minimum atomic E-state index is -0.545. The van der Waals surface area contributed by atoms with Crippen LogP contribution in [0.15, 0.2) is 42.6 Å². The topological polar surface area (TPSA) is 29.9 Å². The molecule has 0 amide bonds. The van der Waals surface area contributed by atoms with Crippen molar-refractivity contribution in [1.82, 2.24) is 9.78 Å². The predicted molar refractivity (Wildman–Crippen MR) is 74.4 cm³/mol. The molecule has 0 unspecified atom stereocenters.